The maximum atomic E-state index is 14.3. The Morgan fingerprint density at radius 1 is 0.939 bits per heavy atom. The van der Waals surface area contributed by atoms with Crippen LogP contribution in [0.25, 0.3) is 0 Å². The zero-order valence-electron chi connectivity index (χ0n) is 18.8. The molecule has 0 bridgehead atoms. The Hall–Kier alpha value is -2.70. The van der Waals surface area contributed by atoms with Crippen LogP contribution < -0.4 is 4.74 Å². The summed E-state index contributed by atoms with van der Waals surface area (Å²) in [5.74, 6) is 0.170. The van der Waals surface area contributed by atoms with Crippen molar-refractivity contribution in [3.05, 3.63) is 94.3 Å². The molecule has 3 rings (SSSR count). The van der Waals surface area contributed by atoms with Gasteiger partial charge in [0.15, 0.2) is 9.84 Å². The van der Waals surface area contributed by atoms with Gasteiger partial charge in [0.05, 0.1) is 10.6 Å². The van der Waals surface area contributed by atoms with Crippen molar-refractivity contribution >= 4 is 27.2 Å². The highest BCUT2D eigenvalue weighted by Gasteiger charge is 2.26. The van der Waals surface area contributed by atoms with Gasteiger partial charge in [-0.25, -0.2) is 12.8 Å². The molecule has 0 amide bonds. The van der Waals surface area contributed by atoms with Gasteiger partial charge in [0, 0.05) is 23.4 Å². The summed E-state index contributed by atoms with van der Waals surface area (Å²) in [5.41, 5.74) is 1.07. The van der Waals surface area contributed by atoms with Crippen LogP contribution in [-0.4, -0.2) is 20.0 Å². The topological polar surface area (TPSA) is 60.4 Å². The van der Waals surface area contributed by atoms with Gasteiger partial charge in [-0.15, -0.1) is 0 Å². The number of hydrogen-bond donors (Lipinski definition) is 0. The van der Waals surface area contributed by atoms with Gasteiger partial charge >= 0.3 is 0 Å². The van der Waals surface area contributed by atoms with Crippen molar-refractivity contribution in [2.45, 2.75) is 44.1 Å². The number of carbonyl (C=O) groups is 1. The van der Waals surface area contributed by atoms with E-state index in [0.29, 0.717) is 16.3 Å². The Morgan fingerprint density at radius 3 is 2.00 bits per heavy atom. The Bertz CT molecular complexity index is 1230. The highest BCUT2D eigenvalue weighted by Crippen LogP contribution is 2.31. The van der Waals surface area contributed by atoms with Crippen molar-refractivity contribution in [1.82, 2.24) is 0 Å². The van der Waals surface area contributed by atoms with Crippen molar-refractivity contribution in [3.63, 3.8) is 0 Å². The highest BCUT2D eigenvalue weighted by atomic mass is 35.5. The third-order valence-corrected chi connectivity index (χ3v) is 7.33. The van der Waals surface area contributed by atoms with E-state index in [1.54, 1.807) is 81.4 Å². The molecule has 0 aliphatic carbocycles. The molecule has 0 aromatic heterocycles. The molecule has 0 saturated heterocycles. The first-order valence-electron chi connectivity index (χ1n) is 10.6. The smallest absolute Gasteiger partial charge is 0.178 e. The minimum Gasteiger partial charge on any atom is -0.483 e. The molecule has 3 aromatic rings. The predicted octanol–water partition coefficient (Wildman–Crippen LogP) is 5.94. The summed E-state index contributed by atoms with van der Waals surface area (Å²) >= 11 is 5.84. The molecule has 0 fully saturated rings. The number of Topliss-reactive ketones (excluding diaryl/α,β-unsaturated/α-hetero) is 1. The molecule has 0 aliphatic rings. The normalized spacial score (nSPS) is 11.9. The van der Waals surface area contributed by atoms with E-state index in [9.17, 15) is 17.6 Å². The summed E-state index contributed by atoms with van der Waals surface area (Å²) in [7, 11) is -3.25. The molecule has 174 valence electrons. The first-order valence-corrected chi connectivity index (χ1v) is 12.6. The van der Waals surface area contributed by atoms with Gasteiger partial charge in [-0.1, -0.05) is 48.9 Å². The molecule has 4 nitrogen and oxygen atoms in total. The molecular formula is C26H26ClFO4S. The van der Waals surface area contributed by atoms with Crippen LogP contribution in [0.1, 0.15) is 37.5 Å². The highest BCUT2D eigenvalue weighted by molar-refractivity contribution is 7.91. The minimum absolute atomic E-state index is 0.0123. The quantitative estimate of drug-likeness (QED) is 0.374. The van der Waals surface area contributed by atoms with Crippen LogP contribution in [0.3, 0.4) is 0 Å². The van der Waals surface area contributed by atoms with Gasteiger partial charge in [-0.3, -0.25) is 4.79 Å². The van der Waals surface area contributed by atoms with E-state index in [1.807, 2.05) is 0 Å². The zero-order chi connectivity index (χ0) is 24.2. The van der Waals surface area contributed by atoms with Crippen molar-refractivity contribution in [1.29, 1.82) is 0 Å². The minimum atomic E-state index is -3.25. The van der Waals surface area contributed by atoms with E-state index in [1.165, 1.54) is 6.07 Å². The molecule has 0 saturated carbocycles. The van der Waals surface area contributed by atoms with Crippen molar-refractivity contribution < 1.29 is 22.3 Å². The molecule has 33 heavy (non-hydrogen) atoms. The summed E-state index contributed by atoms with van der Waals surface area (Å²) in [5, 5.41) is 0.322. The summed E-state index contributed by atoms with van der Waals surface area (Å²) in [6, 6.07) is 18.0. The van der Waals surface area contributed by atoms with Gasteiger partial charge < -0.3 is 4.74 Å². The number of benzene rings is 3. The van der Waals surface area contributed by atoms with Crippen LogP contribution in [0.5, 0.6) is 5.75 Å². The Balaban J connectivity index is 1.61. The van der Waals surface area contributed by atoms with E-state index in [0.717, 1.165) is 11.1 Å². The lowest BCUT2D eigenvalue weighted by atomic mass is 9.97. The second kappa shape index (κ2) is 10.1. The van der Waals surface area contributed by atoms with E-state index in [-0.39, 0.29) is 29.3 Å². The molecule has 0 heterocycles. The van der Waals surface area contributed by atoms with Gasteiger partial charge in [0.1, 0.15) is 23.0 Å². The molecule has 0 unspecified atom stereocenters. The van der Waals surface area contributed by atoms with Crippen LogP contribution in [0.2, 0.25) is 5.02 Å². The molecule has 0 atom stereocenters. The number of sulfone groups is 1. The van der Waals surface area contributed by atoms with Crippen molar-refractivity contribution in [3.8, 4) is 5.75 Å². The fourth-order valence-corrected chi connectivity index (χ4v) is 4.54. The van der Waals surface area contributed by atoms with Crippen LogP contribution in [0.15, 0.2) is 71.6 Å². The second-order valence-electron chi connectivity index (χ2n) is 8.32. The number of hydrogen-bond acceptors (Lipinski definition) is 4. The Kier molecular flexibility index (Phi) is 7.60. The van der Waals surface area contributed by atoms with Crippen LogP contribution >= 0.6 is 11.6 Å². The molecule has 0 spiro atoms. The monoisotopic (exact) mass is 488 g/mol. The standard InChI is InChI=1S/C26H26ClFO4S/c1-4-33(30,31)23-12-7-19(8-13-23)16-21(29)15-18-5-10-22(11-6-18)32-26(2,3)24-14-9-20(27)17-25(24)28/h5-14,17H,4,15-16H2,1-3H3. The third kappa shape index (κ3) is 6.42. The molecular weight excluding hydrogens is 463 g/mol. The van der Waals surface area contributed by atoms with Gasteiger partial charge in [-0.05, 0) is 61.4 Å². The van der Waals surface area contributed by atoms with E-state index < -0.39 is 21.3 Å². The van der Waals surface area contributed by atoms with E-state index >= 15 is 0 Å². The van der Waals surface area contributed by atoms with Crippen LogP contribution in [0, 0.1) is 5.82 Å². The molecule has 0 N–H and O–H groups in total. The number of ketones is 1. The maximum Gasteiger partial charge on any atom is 0.178 e. The third-order valence-electron chi connectivity index (χ3n) is 5.34. The second-order valence-corrected chi connectivity index (χ2v) is 11.0. The van der Waals surface area contributed by atoms with Gasteiger partial charge in [0.2, 0.25) is 0 Å². The SMILES string of the molecule is CCS(=O)(=O)c1ccc(CC(=O)Cc2ccc(OC(C)(C)c3ccc(Cl)cc3F)cc2)cc1. The lowest BCUT2D eigenvalue weighted by Gasteiger charge is -2.27. The average molecular weight is 489 g/mol. The fourth-order valence-electron chi connectivity index (χ4n) is 3.50. The Labute approximate surface area is 199 Å². The van der Waals surface area contributed by atoms with E-state index in [2.05, 4.69) is 0 Å². The van der Waals surface area contributed by atoms with Crippen LogP contribution in [0.4, 0.5) is 4.39 Å². The van der Waals surface area contributed by atoms with Crippen LogP contribution in [-0.2, 0) is 33.1 Å². The molecule has 7 heteroatoms. The first kappa shape index (κ1) is 24.9. The lowest BCUT2D eigenvalue weighted by molar-refractivity contribution is -0.117. The van der Waals surface area contributed by atoms with Crippen molar-refractivity contribution in [2.75, 3.05) is 5.75 Å². The van der Waals surface area contributed by atoms with Crippen molar-refractivity contribution in [2.24, 2.45) is 0 Å². The number of carbonyl (C=O) groups excluding carboxylic acids is 1. The summed E-state index contributed by atoms with van der Waals surface area (Å²) in [6.45, 7) is 5.14. The molecule has 0 aliphatic heterocycles. The van der Waals surface area contributed by atoms with Gasteiger partial charge in [0.25, 0.3) is 0 Å². The number of ether oxygens (including phenoxy) is 1. The average Bonchev–Trinajstić information content (AvgIpc) is 2.75. The van der Waals surface area contributed by atoms with Gasteiger partial charge in [-0.2, -0.15) is 0 Å². The van der Waals surface area contributed by atoms with E-state index in [4.69, 9.17) is 16.3 Å². The lowest BCUT2D eigenvalue weighted by Crippen LogP contribution is -2.26. The number of halogens is 2. The largest absolute Gasteiger partial charge is 0.483 e. The molecule has 0 radical (unpaired) electrons. The summed E-state index contributed by atoms with van der Waals surface area (Å²) in [6.07, 6.45) is 0.456. The summed E-state index contributed by atoms with van der Waals surface area (Å²) < 4.78 is 44.1. The fraction of sp³-hybridized carbons (Fsp3) is 0.269. The maximum absolute atomic E-state index is 14.3. The first-order chi connectivity index (χ1) is 15.5. The Morgan fingerprint density at radius 2 is 1.48 bits per heavy atom. The molecule has 3 aromatic carbocycles. The summed E-state index contributed by atoms with van der Waals surface area (Å²) in [4.78, 5) is 12.7. The number of rotatable bonds is 9. The zero-order valence-corrected chi connectivity index (χ0v) is 20.3. The predicted molar refractivity (Wildman–Crippen MR) is 128 cm³/mol.